The van der Waals surface area contributed by atoms with E-state index in [1.165, 1.54) is 18.1 Å². The maximum Gasteiger partial charge on any atom is 0.212 e. The summed E-state index contributed by atoms with van der Waals surface area (Å²) < 4.78 is 26.0. The highest BCUT2D eigenvalue weighted by Gasteiger charge is 2.10. The van der Waals surface area contributed by atoms with Crippen LogP contribution in [0.1, 0.15) is 5.82 Å². The number of aromatic amines is 1. The van der Waals surface area contributed by atoms with Crippen LogP contribution in [-0.4, -0.2) is 35.1 Å². The molecule has 2 rings (SSSR count). The van der Waals surface area contributed by atoms with Crippen LogP contribution in [-0.2, 0) is 16.6 Å². The molecule has 0 atom stereocenters. The van der Waals surface area contributed by atoms with Crippen LogP contribution in [0.3, 0.4) is 0 Å². The summed E-state index contributed by atoms with van der Waals surface area (Å²) >= 11 is 1.47. The molecule has 4 N–H and O–H groups in total. The summed E-state index contributed by atoms with van der Waals surface area (Å²) in [7, 11) is -3.32. The number of benzene rings is 1. The second-order valence-electron chi connectivity index (χ2n) is 3.99. The number of sulfonamides is 1. The molecule has 0 aliphatic rings. The zero-order valence-corrected chi connectivity index (χ0v) is 12.2. The quantitative estimate of drug-likeness (QED) is 0.509. The summed E-state index contributed by atoms with van der Waals surface area (Å²) in [4.78, 5) is 4.84. The number of aromatic nitrogens is 3. The van der Waals surface area contributed by atoms with Crippen molar-refractivity contribution in [1.29, 1.82) is 0 Å². The monoisotopic (exact) mass is 313 g/mol. The van der Waals surface area contributed by atoms with Gasteiger partial charge < -0.3 is 5.73 Å². The van der Waals surface area contributed by atoms with Crippen molar-refractivity contribution >= 4 is 27.5 Å². The van der Waals surface area contributed by atoms with Gasteiger partial charge in [0.1, 0.15) is 12.2 Å². The summed E-state index contributed by atoms with van der Waals surface area (Å²) in [5.41, 5.74) is 6.27. The van der Waals surface area contributed by atoms with Gasteiger partial charge in [0.25, 0.3) is 0 Å². The molecule has 0 unspecified atom stereocenters. The third-order valence-corrected chi connectivity index (χ3v) is 5.02. The molecule has 0 aliphatic heterocycles. The van der Waals surface area contributed by atoms with Crippen molar-refractivity contribution in [2.45, 2.75) is 11.4 Å². The fraction of sp³-hybridized carbons (Fsp3) is 0.273. The molecule has 0 amide bonds. The van der Waals surface area contributed by atoms with E-state index in [0.29, 0.717) is 17.3 Å². The number of nitrogen functional groups attached to an aromatic ring is 1. The third kappa shape index (κ3) is 4.83. The molecule has 0 spiro atoms. The summed E-state index contributed by atoms with van der Waals surface area (Å²) in [6.45, 7) is 0.120. The van der Waals surface area contributed by atoms with Gasteiger partial charge in [-0.2, -0.15) is 5.10 Å². The Labute approximate surface area is 121 Å². The van der Waals surface area contributed by atoms with Gasteiger partial charge >= 0.3 is 0 Å². The van der Waals surface area contributed by atoms with E-state index in [2.05, 4.69) is 19.9 Å². The molecule has 2 aromatic rings. The molecule has 7 nitrogen and oxygen atoms in total. The van der Waals surface area contributed by atoms with E-state index in [-0.39, 0.29) is 12.3 Å². The normalized spacial score (nSPS) is 11.6. The first-order chi connectivity index (χ1) is 9.55. The summed E-state index contributed by atoms with van der Waals surface area (Å²) in [5.74, 6) is 0.992. The van der Waals surface area contributed by atoms with Gasteiger partial charge in [-0.1, -0.05) is 0 Å². The zero-order chi connectivity index (χ0) is 14.4. The van der Waals surface area contributed by atoms with Crippen molar-refractivity contribution in [3.05, 3.63) is 36.4 Å². The van der Waals surface area contributed by atoms with Crippen molar-refractivity contribution in [2.75, 3.05) is 17.2 Å². The molecule has 1 aromatic heterocycles. The molecule has 0 aliphatic carbocycles. The van der Waals surface area contributed by atoms with Gasteiger partial charge in [0.05, 0.1) is 12.3 Å². The molecule has 1 heterocycles. The molecule has 0 saturated heterocycles. The second-order valence-corrected chi connectivity index (χ2v) is 7.08. The highest BCUT2D eigenvalue weighted by Crippen LogP contribution is 2.19. The fourth-order valence-corrected chi connectivity index (χ4v) is 3.68. The van der Waals surface area contributed by atoms with Crippen molar-refractivity contribution < 1.29 is 8.42 Å². The molecule has 1 aromatic carbocycles. The smallest absolute Gasteiger partial charge is 0.212 e. The van der Waals surface area contributed by atoms with E-state index in [0.717, 1.165) is 4.90 Å². The molecule has 9 heteroatoms. The molecule has 20 heavy (non-hydrogen) atoms. The Kier molecular flexibility index (Phi) is 4.99. The average Bonchev–Trinajstić information content (AvgIpc) is 2.92. The standard InChI is InChI=1S/C11H15N5O2S2/c12-9-1-3-10(4-2-9)19-5-6-20(17,18)15-7-11-13-8-14-16-11/h1-4,8,15H,5-7,12H2,(H,13,14,16). The Morgan fingerprint density at radius 3 is 2.70 bits per heavy atom. The number of hydrogen-bond donors (Lipinski definition) is 3. The molecule has 0 fully saturated rings. The van der Waals surface area contributed by atoms with Crippen LogP contribution in [0.2, 0.25) is 0 Å². The van der Waals surface area contributed by atoms with Gasteiger partial charge in [0.2, 0.25) is 10.0 Å². The van der Waals surface area contributed by atoms with Crippen LogP contribution >= 0.6 is 11.8 Å². The Hall–Kier alpha value is -1.58. The van der Waals surface area contributed by atoms with Gasteiger partial charge in [-0.25, -0.2) is 18.1 Å². The first kappa shape index (κ1) is 14.8. The van der Waals surface area contributed by atoms with E-state index in [1.807, 2.05) is 12.1 Å². The average molecular weight is 313 g/mol. The lowest BCUT2D eigenvalue weighted by atomic mass is 10.3. The summed E-state index contributed by atoms with van der Waals surface area (Å²) in [6.07, 6.45) is 1.33. The first-order valence-corrected chi connectivity index (χ1v) is 8.49. The van der Waals surface area contributed by atoms with Crippen LogP contribution in [0.5, 0.6) is 0 Å². The minimum Gasteiger partial charge on any atom is -0.399 e. The Morgan fingerprint density at radius 1 is 1.30 bits per heavy atom. The van der Waals surface area contributed by atoms with Crippen molar-refractivity contribution in [2.24, 2.45) is 0 Å². The third-order valence-electron chi connectivity index (χ3n) is 2.43. The number of nitrogens with zero attached hydrogens (tertiary/aromatic N) is 2. The molecule has 0 saturated carbocycles. The summed E-state index contributed by atoms with van der Waals surface area (Å²) in [5, 5.41) is 6.24. The number of thioether (sulfide) groups is 1. The fourth-order valence-electron chi connectivity index (χ4n) is 1.40. The molecule has 0 bridgehead atoms. The molecular weight excluding hydrogens is 298 g/mol. The van der Waals surface area contributed by atoms with Gasteiger partial charge in [-0.3, -0.25) is 5.10 Å². The predicted octanol–water partition coefficient (Wildman–Crippen LogP) is 0.599. The number of nitrogens with two attached hydrogens (primary N) is 1. The van der Waals surface area contributed by atoms with E-state index in [4.69, 9.17) is 5.73 Å². The number of hydrogen-bond acceptors (Lipinski definition) is 6. The lowest BCUT2D eigenvalue weighted by Gasteiger charge is -2.05. The minimum absolute atomic E-state index is 0.0379. The second kappa shape index (κ2) is 6.73. The first-order valence-electron chi connectivity index (χ1n) is 5.85. The van der Waals surface area contributed by atoms with Crippen molar-refractivity contribution in [3.8, 4) is 0 Å². The maximum absolute atomic E-state index is 11.8. The maximum atomic E-state index is 11.8. The molecule has 108 valence electrons. The lowest BCUT2D eigenvalue weighted by molar-refractivity contribution is 0.581. The summed E-state index contributed by atoms with van der Waals surface area (Å²) in [6, 6.07) is 7.32. The zero-order valence-electron chi connectivity index (χ0n) is 10.6. The predicted molar refractivity (Wildman–Crippen MR) is 78.6 cm³/mol. The highest BCUT2D eigenvalue weighted by molar-refractivity contribution is 8.00. The Balaban J connectivity index is 1.76. The Morgan fingerprint density at radius 2 is 2.05 bits per heavy atom. The largest absolute Gasteiger partial charge is 0.399 e. The number of nitrogens with one attached hydrogen (secondary N) is 2. The SMILES string of the molecule is Nc1ccc(SCCS(=O)(=O)NCc2ncn[nH]2)cc1. The molecular formula is C11H15N5O2S2. The topological polar surface area (TPSA) is 114 Å². The van der Waals surface area contributed by atoms with E-state index < -0.39 is 10.0 Å². The van der Waals surface area contributed by atoms with Crippen LogP contribution in [0, 0.1) is 0 Å². The Bertz CT molecular complexity index is 625. The highest BCUT2D eigenvalue weighted by atomic mass is 32.2. The van der Waals surface area contributed by atoms with Crippen molar-refractivity contribution in [3.63, 3.8) is 0 Å². The van der Waals surface area contributed by atoms with E-state index >= 15 is 0 Å². The van der Waals surface area contributed by atoms with Crippen molar-refractivity contribution in [1.82, 2.24) is 19.9 Å². The number of anilines is 1. The number of rotatable bonds is 7. The minimum atomic E-state index is -3.32. The van der Waals surface area contributed by atoms with Gasteiger partial charge in [0, 0.05) is 16.3 Å². The van der Waals surface area contributed by atoms with Crippen LogP contribution in [0.4, 0.5) is 5.69 Å². The van der Waals surface area contributed by atoms with E-state index in [9.17, 15) is 8.42 Å². The van der Waals surface area contributed by atoms with Crippen LogP contribution in [0.25, 0.3) is 0 Å². The van der Waals surface area contributed by atoms with Crippen LogP contribution < -0.4 is 10.5 Å². The van der Waals surface area contributed by atoms with Gasteiger partial charge in [0.15, 0.2) is 0 Å². The van der Waals surface area contributed by atoms with Gasteiger partial charge in [-0.15, -0.1) is 11.8 Å². The van der Waals surface area contributed by atoms with Gasteiger partial charge in [-0.05, 0) is 24.3 Å². The van der Waals surface area contributed by atoms with Crippen LogP contribution in [0.15, 0.2) is 35.5 Å². The number of H-pyrrole nitrogens is 1. The lowest BCUT2D eigenvalue weighted by Crippen LogP contribution is -2.27. The molecule has 0 radical (unpaired) electrons. The van der Waals surface area contributed by atoms with E-state index in [1.54, 1.807) is 12.1 Å².